The van der Waals surface area contributed by atoms with Crippen LogP contribution in [-0.4, -0.2) is 55.5 Å². The van der Waals surface area contributed by atoms with Crippen LogP contribution in [0.25, 0.3) is 0 Å². The lowest BCUT2D eigenvalue weighted by Gasteiger charge is -2.36. The summed E-state index contributed by atoms with van der Waals surface area (Å²) in [6.07, 6.45) is -0.786. The van der Waals surface area contributed by atoms with Crippen LogP contribution in [0, 0.1) is 11.3 Å². The normalized spacial score (nSPS) is 14.6. The maximum Gasteiger partial charge on any atom is 0.261 e. The lowest BCUT2D eigenvalue weighted by Crippen LogP contribution is -2.52. The summed E-state index contributed by atoms with van der Waals surface area (Å²) in [6, 6.07) is 16.2. The van der Waals surface area contributed by atoms with Crippen LogP contribution in [-0.2, 0) is 9.59 Å². The number of anilines is 1. The van der Waals surface area contributed by atoms with Crippen LogP contribution in [0.5, 0.6) is 5.75 Å². The molecule has 0 aliphatic carbocycles. The number of benzene rings is 2. The molecular weight excluding hydrogens is 404 g/mol. The van der Waals surface area contributed by atoms with Crippen molar-refractivity contribution in [2.24, 2.45) is 0 Å². The van der Waals surface area contributed by atoms with Crippen molar-refractivity contribution in [2.75, 3.05) is 37.6 Å². The molecule has 1 aliphatic rings. The SMILES string of the molecule is CC(Oc1cccc(C#N)c1)C(=O)NCC(=O)N1CCN(c2cccc(Cl)c2)CC1. The first-order valence-corrected chi connectivity index (χ1v) is 10.1. The topological polar surface area (TPSA) is 85.7 Å². The smallest absolute Gasteiger partial charge is 0.261 e. The quantitative estimate of drug-likeness (QED) is 0.766. The van der Waals surface area contributed by atoms with Gasteiger partial charge in [0.15, 0.2) is 6.10 Å². The highest BCUT2D eigenvalue weighted by molar-refractivity contribution is 6.30. The monoisotopic (exact) mass is 426 g/mol. The Morgan fingerprint density at radius 2 is 1.90 bits per heavy atom. The number of halogens is 1. The van der Waals surface area contributed by atoms with Gasteiger partial charge in [0.25, 0.3) is 5.91 Å². The molecule has 2 amide bonds. The second-order valence-electron chi connectivity index (χ2n) is 6.97. The van der Waals surface area contributed by atoms with Crippen molar-refractivity contribution in [3.63, 3.8) is 0 Å². The standard InChI is InChI=1S/C22H23ClN4O3/c1-16(30-20-7-2-4-17(12-20)14-24)22(29)25-15-21(28)27-10-8-26(9-11-27)19-6-3-5-18(23)13-19/h2-7,12-13,16H,8-11,15H2,1H3,(H,25,29). The Bertz CT molecular complexity index is 951. The van der Waals surface area contributed by atoms with E-state index in [1.807, 2.05) is 30.3 Å². The average Bonchev–Trinajstić information content (AvgIpc) is 2.77. The Labute approximate surface area is 180 Å². The Hall–Kier alpha value is -3.24. The summed E-state index contributed by atoms with van der Waals surface area (Å²) in [7, 11) is 0. The maximum absolute atomic E-state index is 12.5. The van der Waals surface area contributed by atoms with E-state index >= 15 is 0 Å². The predicted octanol–water partition coefficient (Wildman–Crippen LogP) is 2.44. The van der Waals surface area contributed by atoms with Crippen LogP contribution in [0.3, 0.4) is 0 Å². The third kappa shape index (κ3) is 5.65. The van der Waals surface area contributed by atoms with Gasteiger partial charge in [0.1, 0.15) is 5.75 Å². The van der Waals surface area contributed by atoms with E-state index in [9.17, 15) is 9.59 Å². The molecule has 1 saturated heterocycles. The molecule has 1 N–H and O–H groups in total. The first-order valence-electron chi connectivity index (χ1n) is 9.69. The number of hydrogen-bond acceptors (Lipinski definition) is 5. The zero-order valence-corrected chi connectivity index (χ0v) is 17.4. The zero-order valence-electron chi connectivity index (χ0n) is 16.7. The molecule has 1 aliphatic heterocycles. The predicted molar refractivity (Wildman–Crippen MR) is 115 cm³/mol. The van der Waals surface area contributed by atoms with Gasteiger partial charge >= 0.3 is 0 Å². The number of carbonyl (C=O) groups is 2. The van der Waals surface area contributed by atoms with Gasteiger partial charge in [-0.1, -0.05) is 23.7 Å². The van der Waals surface area contributed by atoms with Crippen LogP contribution in [0.1, 0.15) is 12.5 Å². The number of rotatable bonds is 6. The third-order valence-corrected chi connectivity index (χ3v) is 5.10. The minimum atomic E-state index is -0.786. The molecule has 0 spiro atoms. The maximum atomic E-state index is 12.5. The van der Waals surface area contributed by atoms with Crippen molar-refractivity contribution >= 4 is 29.1 Å². The molecule has 0 radical (unpaired) electrons. The summed E-state index contributed by atoms with van der Waals surface area (Å²) in [5.41, 5.74) is 1.49. The summed E-state index contributed by atoms with van der Waals surface area (Å²) in [5, 5.41) is 12.2. The molecule has 0 aromatic heterocycles. The summed E-state index contributed by atoms with van der Waals surface area (Å²) in [5.74, 6) is -0.0868. The number of nitriles is 1. The van der Waals surface area contributed by atoms with Gasteiger partial charge in [-0.05, 0) is 43.3 Å². The largest absolute Gasteiger partial charge is 0.481 e. The number of ether oxygens (including phenoxy) is 1. The molecule has 156 valence electrons. The number of nitrogens with zero attached hydrogens (tertiary/aromatic N) is 3. The Kier molecular flexibility index (Phi) is 7.15. The van der Waals surface area contributed by atoms with E-state index in [4.69, 9.17) is 21.6 Å². The van der Waals surface area contributed by atoms with Crippen molar-refractivity contribution in [3.05, 3.63) is 59.1 Å². The molecular formula is C22H23ClN4O3. The van der Waals surface area contributed by atoms with Gasteiger partial charge < -0.3 is 19.9 Å². The van der Waals surface area contributed by atoms with Gasteiger partial charge in [-0.2, -0.15) is 5.26 Å². The average molecular weight is 427 g/mol. The summed E-state index contributed by atoms with van der Waals surface area (Å²) >= 11 is 6.05. The van der Waals surface area contributed by atoms with E-state index in [1.54, 1.807) is 36.1 Å². The molecule has 0 bridgehead atoms. The summed E-state index contributed by atoms with van der Waals surface area (Å²) in [4.78, 5) is 28.6. The lowest BCUT2D eigenvalue weighted by atomic mass is 10.2. The van der Waals surface area contributed by atoms with E-state index in [2.05, 4.69) is 10.2 Å². The second kappa shape index (κ2) is 9.99. The Balaban J connectivity index is 1.44. The van der Waals surface area contributed by atoms with Crippen LogP contribution >= 0.6 is 11.6 Å². The van der Waals surface area contributed by atoms with Crippen LogP contribution in [0.15, 0.2) is 48.5 Å². The molecule has 1 atom stereocenters. The van der Waals surface area contributed by atoms with Crippen molar-refractivity contribution in [3.8, 4) is 11.8 Å². The minimum Gasteiger partial charge on any atom is -0.481 e. The number of piperazine rings is 1. The van der Waals surface area contributed by atoms with E-state index in [-0.39, 0.29) is 18.4 Å². The number of hydrogen-bond donors (Lipinski definition) is 1. The zero-order chi connectivity index (χ0) is 21.5. The van der Waals surface area contributed by atoms with Crippen molar-refractivity contribution in [1.82, 2.24) is 10.2 Å². The molecule has 2 aromatic rings. The number of amides is 2. The molecule has 2 aromatic carbocycles. The Morgan fingerprint density at radius 3 is 2.60 bits per heavy atom. The molecule has 7 nitrogen and oxygen atoms in total. The first-order chi connectivity index (χ1) is 14.5. The summed E-state index contributed by atoms with van der Waals surface area (Å²) in [6.45, 7) is 4.08. The van der Waals surface area contributed by atoms with Gasteiger partial charge in [-0.25, -0.2) is 0 Å². The fourth-order valence-electron chi connectivity index (χ4n) is 3.20. The Morgan fingerprint density at radius 1 is 1.17 bits per heavy atom. The molecule has 30 heavy (non-hydrogen) atoms. The van der Waals surface area contributed by atoms with Crippen LogP contribution < -0.4 is 15.0 Å². The second-order valence-corrected chi connectivity index (χ2v) is 7.40. The van der Waals surface area contributed by atoms with E-state index in [0.717, 1.165) is 5.69 Å². The van der Waals surface area contributed by atoms with Gasteiger partial charge in [-0.15, -0.1) is 0 Å². The molecule has 1 heterocycles. The highest BCUT2D eigenvalue weighted by atomic mass is 35.5. The van der Waals surface area contributed by atoms with Crippen LogP contribution in [0.4, 0.5) is 5.69 Å². The molecule has 3 rings (SSSR count). The number of carbonyl (C=O) groups excluding carboxylic acids is 2. The molecule has 0 saturated carbocycles. The van der Waals surface area contributed by atoms with Crippen LogP contribution in [0.2, 0.25) is 5.02 Å². The van der Waals surface area contributed by atoms with Crippen molar-refractivity contribution < 1.29 is 14.3 Å². The highest BCUT2D eigenvalue weighted by Crippen LogP contribution is 2.20. The van der Waals surface area contributed by atoms with E-state index in [1.165, 1.54) is 0 Å². The van der Waals surface area contributed by atoms with Crippen molar-refractivity contribution in [2.45, 2.75) is 13.0 Å². The van der Waals surface area contributed by atoms with Gasteiger partial charge in [0.2, 0.25) is 5.91 Å². The van der Waals surface area contributed by atoms with Gasteiger partial charge in [0.05, 0.1) is 18.2 Å². The van der Waals surface area contributed by atoms with Gasteiger partial charge in [-0.3, -0.25) is 9.59 Å². The van der Waals surface area contributed by atoms with E-state index < -0.39 is 6.10 Å². The lowest BCUT2D eigenvalue weighted by molar-refractivity contribution is -0.134. The fourth-order valence-corrected chi connectivity index (χ4v) is 3.39. The van der Waals surface area contributed by atoms with Crippen molar-refractivity contribution in [1.29, 1.82) is 5.26 Å². The third-order valence-electron chi connectivity index (χ3n) is 4.86. The molecule has 1 fully saturated rings. The molecule has 1 unspecified atom stereocenters. The molecule has 8 heteroatoms. The first kappa shape index (κ1) is 21.5. The fraction of sp³-hybridized carbons (Fsp3) is 0.318. The summed E-state index contributed by atoms with van der Waals surface area (Å²) < 4.78 is 5.56. The van der Waals surface area contributed by atoms with Gasteiger partial charge in [0, 0.05) is 36.9 Å². The highest BCUT2D eigenvalue weighted by Gasteiger charge is 2.23. The number of nitrogens with one attached hydrogen (secondary N) is 1. The minimum absolute atomic E-state index is 0.0814. The van der Waals surface area contributed by atoms with E-state index in [0.29, 0.717) is 42.5 Å².